The number of rotatable bonds is 7. The molecule has 1 aliphatic rings. The monoisotopic (exact) mass is 380 g/mol. The van der Waals surface area contributed by atoms with Crippen LogP contribution in [0.25, 0.3) is 6.08 Å². The minimum atomic E-state index is -0.236. The summed E-state index contributed by atoms with van der Waals surface area (Å²) in [6.07, 6.45) is 4.13. The van der Waals surface area contributed by atoms with Crippen molar-refractivity contribution in [3.63, 3.8) is 0 Å². The molecule has 0 aromatic heterocycles. The van der Waals surface area contributed by atoms with Crippen molar-refractivity contribution in [1.82, 2.24) is 10.6 Å². The van der Waals surface area contributed by atoms with Gasteiger partial charge in [0.05, 0.1) is 19.8 Å². The number of hydrogen-bond donors (Lipinski definition) is 2. The smallest absolute Gasteiger partial charge is 0.244 e. The third-order valence-electron chi connectivity index (χ3n) is 4.49. The molecule has 2 aromatic rings. The van der Waals surface area contributed by atoms with Gasteiger partial charge in [0.15, 0.2) is 0 Å². The first kappa shape index (κ1) is 19.5. The number of para-hydroxylation sites is 1. The summed E-state index contributed by atoms with van der Waals surface area (Å²) < 4.78 is 10.7. The molecule has 2 aromatic carbocycles. The number of ether oxygens (including phenoxy) is 2. The average Bonchev–Trinajstić information content (AvgIpc) is 2.73. The Morgan fingerprint density at radius 2 is 1.96 bits per heavy atom. The number of methoxy groups -OCH3 is 1. The molecule has 0 saturated carbocycles. The van der Waals surface area contributed by atoms with Crippen LogP contribution in [0.4, 0.5) is 0 Å². The maximum atomic E-state index is 12.2. The summed E-state index contributed by atoms with van der Waals surface area (Å²) in [5, 5.41) is 5.74. The lowest BCUT2D eigenvalue weighted by Crippen LogP contribution is -2.34. The van der Waals surface area contributed by atoms with E-state index in [9.17, 15) is 9.59 Å². The van der Waals surface area contributed by atoms with Crippen LogP contribution in [-0.2, 0) is 9.59 Å². The standard InChI is InChI=1S/C22H24N2O4/c1-27-17-9-6-16(7-10-17)8-11-21(25)23-14-12-22(26)24-19-13-15-28-20-5-3-2-4-18(19)20/h2-11,19H,12-15H2,1H3,(H,23,25)(H,24,26)/b11-8+/t19-/m1/s1. The molecule has 0 bridgehead atoms. The molecule has 3 rings (SSSR count). The zero-order valence-electron chi connectivity index (χ0n) is 15.8. The minimum Gasteiger partial charge on any atom is -0.497 e. The summed E-state index contributed by atoms with van der Waals surface area (Å²) in [4.78, 5) is 24.1. The van der Waals surface area contributed by atoms with Crippen LogP contribution < -0.4 is 20.1 Å². The molecule has 1 atom stereocenters. The zero-order chi connectivity index (χ0) is 19.8. The van der Waals surface area contributed by atoms with Gasteiger partial charge in [0.1, 0.15) is 11.5 Å². The second-order valence-corrected chi connectivity index (χ2v) is 6.44. The highest BCUT2D eigenvalue weighted by Gasteiger charge is 2.22. The van der Waals surface area contributed by atoms with Gasteiger partial charge in [-0.1, -0.05) is 30.3 Å². The van der Waals surface area contributed by atoms with Crippen LogP contribution >= 0.6 is 0 Å². The fourth-order valence-electron chi connectivity index (χ4n) is 3.00. The van der Waals surface area contributed by atoms with Gasteiger partial charge < -0.3 is 20.1 Å². The predicted molar refractivity (Wildman–Crippen MR) is 107 cm³/mol. The second kappa shape index (κ2) is 9.60. The van der Waals surface area contributed by atoms with Crippen LogP contribution in [0.2, 0.25) is 0 Å². The molecular weight excluding hydrogens is 356 g/mol. The first-order chi connectivity index (χ1) is 13.7. The Bertz CT molecular complexity index is 846. The highest BCUT2D eigenvalue weighted by molar-refractivity contribution is 5.92. The summed E-state index contributed by atoms with van der Waals surface area (Å²) in [5.74, 6) is 1.25. The third kappa shape index (κ3) is 5.36. The Hall–Kier alpha value is -3.28. The molecule has 0 radical (unpaired) electrons. The van der Waals surface area contributed by atoms with E-state index in [1.807, 2.05) is 48.5 Å². The Morgan fingerprint density at radius 3 is 2.75 bits per heavy atom. The number of carbonyl (C=O) groups excluding carboxylic acids is 2. The van der Waals surface area contributed by atoms with Crippen molar-refractivity contribution in [2.24, 2.45) is 0 Å². The molecule has 1 aliphatic heterocycles. The van der Waals surface area contributed by atoms with E-state index in [1.165, 1.54) is 6.08 Å². The van der Waals surface area contributed by atoms with Gasteiger partial charge in [0.2, 0.25) is 11.8 Å². The number of nitrogens with one attached hydrogen (secondary N) is 2. The van der Waals surface area contributed by atoms with Crippen molar-refractivity contribution < 1.29 is 19.1 Å². The van der Waals surface area contributed by atoms with Crippen LogP contribution in [0.1, 0.15) is 30.0 Å². The summed E-state index contributed by atoms with van der Waals surface area (Å²) in [6, 6.07) is 15.0. The van der Waals surface area contributed by atoms with Gasteiger partial charge in [-0.25, -0.2) is 0 Å². The van der Waals surface area contributed by atoms with E-state index in [2.05, 4.69) is 10.6 Å². The lowest BCUT2D eigenvalue weighted by Gasteiger charge is -2.26. The molecule has 6 heteroatoms. The topological polar surface area (TPSA) is 76.7 Å². The summed E-state index contributed by atoms with van der Waals surface area (Å²) in [6.45, 7) is 0.858. The van der Waals surface area contributed by atoms with Crippen molar-refractivity contribution in [2.75, 3.05) is 20.3 Å². The summed E-state index contributed by atoms with van der Waals surface area (Å²) in [7, 11) is 1.61. The van der Waals surface area contributed by atoms with Crippen LogP contribution in [0.5, 0.6) is 11.5 Å². The number of benzene rings is 2. The normalized spacial score (nSPS) is 15.4. The van der Waals surface area contributed by atoms with Gasteiger partial charge in [-0.15, -0.1) is 0 Å². The minimum absolute atomic E-state index is 0.0527. The van der Waals surface area contributed by atoms with Crippen molar-refractivity contribution in [2.45, 2.75) is 18.9 Å². The number of amides is 2. The van der Waals surface area contributed by atoms with Crippen LogP contribution in [-0.4, -0.2) is 32.1 Å². The molecule has 0 unspecified atom stereocenters. The molecular formula is C22H24N2O4. The van der Waals surface area contributed by atoms with Gasteiger partial charge in [0, 0.05) is 31.0 Å². The van der Waals surface area contributed by atoms with E-state index in [4.69, 9.17) is 9.47 Å². The van der Waals surface area contributed by atoms with Crippen LogP contribution in [0, 0.1) is 0 Å². The molecule has 6 nitrogen and oxygen atoms in total. The van der Waals surface area contributed by atoms with Crippen LogP contribution in [0.15, 0.2) is 54.6 Å². The fourth-order valence-corrected chi connectivity index (χ4v) is 3.00. The van der Waals surface area contributed by atoms with E-state index in [0.717, 1.165) is 29.0 Å². The average molecular weight is 380 g/mol. The zero-order valence-corrected chi connectivity index (χ0v) is 15.8. The van der Waals surface area contributed by atoms with Crippen molar-refractivity contribution in [1.29, 1.82) is 0 Å². The van der Waals surface area contributed by atoms with Crippen LogP contribution in [0.3, 0.4) is 0 Å². The quantitative estimate of drug-likeness (QED) is 0.724. The maximum Gasteiger partial charge on any atom is 0.244 e. The molecule has 146 valence electrons. The fraction of sp³-hybridized carbons (Fsp3) is 0.273. The molecule has 1 heterocycles. The SMILES string of the molecule is COc1ccc(/C=C/C(=O)NCCC(=O)N[C@@H]2CCOc3ccccc32)cc1. The van der Waals surface area contributed by atoms with E-state index in [0.29, 0.717) is 6.61 Å². The van der Waals surface area contributed by atoms with E-state index in [-0.39, 0.29) is 30.8 Å². The third-order valence-corrected chi connectivity index (χ3v) is 4.49. The predicted octanol–water partition coefficient (Wildman–Crippen LogP) is 2.85. The van der Waals surface area contributed by atoms with Gasteiger partial charge in [-0.2, -0.15) is 0 Å². The number of hydrogen-bond acceptors (Lipinski definition) is 4. The van der Waals surface area contributed by atoms with Gasteiger partial charge in [0.25, 0.3) is 0 Å². The molecule has 2 N–H and O–H groups in total. The molecule has 2 amide bonds. The Balaban J connectivity index is 1.41. The Labute approximate surface area is 164 Å². The second-order valence-electron chi connectivity index (χ2n) is 6.44. The van der Waals surface area contributed by atoms with Crippen molar-refractivity contribution in [3.05, 3.63) is 65.7 Å². The molecule has 0 fully saturated rings. The summed E-state index contributed by atoms with van der Waals surface area (Å²) in [5.41, 5.74) is 1.89. The Morgan fingerprint density at radius 1 is 1.18 bits per heavy atom. The molecule has 0 saturated heterocycles. The first-order valence-electron chi connectivity index (χ1n) is 9.27. The van der Waals surface area contributed by atoms with E-state index in [1.54, 1.807) is 13.2 Å². The largest absolute Gasteiger partial charge is 0.497 e. The molecule has 0 aliphatic carbocycles. The van der Waals surface area contributed by atoms with Crippen molar-refractivity contribution in [3.8, 4) is 11.5 Å². The van der Waals surface area contributed by atoms with Crippen molar-refractivity contribution >= 4 is 17.9 Å². The summed E-state index contributed by atoms with van der Waals surface area (Å²) >= 11 is 0. The van der Waals surface area contributed by atoms with Gasteiger partial charge in [-0.05, 0) is 29.8 Å². The first-order valence-corrected chi connectivity index (χ1v) is 9.27. The highest BCUT2D eigenvalue weighted by Crippen LogP contribution is 2.31. The molecule has 28 heavy (non-hydrogen) atoms. The highest BCUT2D eigenvalue weighted by atomic mass is 16.5. The van der Waals surface area contributed by atoms with E-state index < -0.39 is 0 Å². The molecule has 0 spiro atoms. The maximum absolute atomic E-state index is 12.2. The number of fused-ring (bicyclic) bond motifs is 1. The van der Waals surface area contributed by atoms with Gasteiger partial charge in [-0.3, -0.25) is 9.59 Å². The lowest BCUT2D eigenvalue weighted by atomic mass is 10.0. The number of carbonyl (C=O) groups is 2. The van der Waals surface area contributed by atoms with Gasteiger partial charge >= 0.3 is 0 Å². The van der Waals surface area contributed by atoms with E-state index >= 15 is 0 Å². The lowest BCUT2D eigenvalue weighted by molar-refractivity contribution is -0.122. The Kier molecular flexibility index (Phi) is 6.68.